The van der Waals surface area contributed by atoms with Crippen molar-refractivity contribution in [2.75, 3.05) is 11.2 Å². The molecule has 0 saturated carbocycles. The molecule has 0 saturated heterocycles. The molecule has 1 aliphatic heterocycles. The summed E-state index contributed by atoms with van der Waals surface area (Å²) in [5.74, 6) is 1.22. The molecule has 0 spiro atoms. The average Bonchev–Trinajstić information content (AvgIpc) is 3.05. The molecule has 2 heterocycles. The highest BCUT2D eigenvalue weighted by molar-refractivity contribution is 7.99. The van der Waals surface area contributed by atoms with Gasteiger partial charge in [0.25, 0.3) is 5.95 Å². The smallest absolute Gasteiger partial charge is 0.244 e. The normalized spacial score (nSPS) is 13.6. The number of nitrogens with one attached hydrogen (secondary N) is 1. The van der Waals surface area contributed by atoms with E-state index in [1.807, 2.05) is 54.6 Å². The van der Waals surface area contributed by atoms with Crippen molar-refractivity contribution in [1.29, 1.82) is 0 Å². The Balaban J connectivity index is 1.56. The predicted octanol–water partition coefficient (Wildman–Crippen LogP) is 3.74. The van der Waals surface area contributed by atoms with E-state index in [4.69, 9.17) is 11.6 Å². The van der Waals surface area contributed by atoms with Crippen LogP contribution in [0.5, 0.6) is 0 Å². The molecular weight excluding hydrogens is 356 g/mol. The van der Waals surface area contributed by atoms with E-state index in [-0.39, 0.29) is 0 Å². The van der Waals surface area contributed by atoms with Crippen LogP contribution in [-0.4, -0.2) is 32.6 Å². The molecule has 1 aromatic heterocycles. The summed E-state index contributed by atoms with van der Waals surface area (Å²) in [4.78, 5) is 0. The van der Waals surface area contributed by atoms with E-state index in [0.717, 1.165) is 27.7 Å². The summed E-state index contributed by atoms with van der Waals surface area (Å²) in [5.41, 5.74) is 5.84. The minimum Gasteiger partial charge on any atom is -0.244 e. The zero-order valence-corrected chi connectivity index (χ0v) is 14.6. The second kappa shape index (κ2) is 7.08. The van der Waals surface area contributed by atoms with Gasteiger partial charge in [-0.15, -0.1) is 10.2 Å². The number of hydrazone groups is 1. The molecule has 0 atom stereocenters. The maximum absolute atomic E-state index is 5.96. The second-order valence-electron chi connectivity index (χ2n) is 5.24. The number of fused-ring (bicyclic) bond motifs is 1. The van der Waals surface area contributed by atoms with Gasteiger partial charge in [-0.25, -0.2) is 5.43 Å². The van der Waals surface area contributed by atoms with Crippen LogP contribution in [0.1, 0.15) is 11.1 Å². The third-order valence-corrected chi connectivity index (χ3v) is 4.67. The molecule has 1 N–H and O–H groups in total. The molecule has 1 aliphatic rings. The fourth-order valence-electron chi connectivity index (χ4n) is 2.32. The number of halogens is 1. The number of aromatic nitrogens is 3. The van der Waals surface area contributed by atoms with Gasteiger partial charge < -0.3 is 0 Å². The summed E-state index contributed by atoms with van der Waals surface area (Å²) < 4.78 is 1.67. The van der Waals surface area contributed by atoms with Crippen LogP contribution in [0, 0.1) is 0 Å². The van der Waals surface area contributed by atoms with Crippen LogP contribution in [0.2, 0.25) is 5.02 Å². The Bertz CT molecular complexity index is 951. The number of anilines is 1. The van der Waals surface area contributed by atoms with Gasteiger partial charge in [-0.3, -0.25) is 0 Å². The van der Waals surface area contributed by atoms with Crippen molar-refractivity contribution in [2.24, 2.45) is 10.2 Å². The van der Waals surface area contributed by atoms with Gasteiger partial charge >= 0.3 is 0 Å². The monoisotopic (exact) mass is 368 g/mol. The lowest BCUT2D eigenvalue weighted by Gasteiger charge is -2.13. The molecule has 0 bridgehead atoms. The molecule has 0 radical (unpaired) electrons. The van der Waals surface area contributed by atoms with Crippen LogP contribution >= 0.6 is 23.4 Å². The lowest BCUT2D eigenvalue weighted by Crippen LogP contribution is -2.14. The molecule has 2 aromatic carbocycles. The maximum Gasteiger partial charge on any atom is 0.266 e. The number of nitrogens with zero attached hydrogens (tertiary/aromatic N) is 5. The fourth-order valence-corrected chi connectivity index (χ4v) is 3.36. The van der Waals surface area contributed by atoms with Gasteiger partial charge in [0.05, 0.1) is 11.9 Å². The van der Waals surface area contributed by atoms with Crippen molar-refractivity contribution in [3.63, 3.8) is 0 Å². The third-order valence-electron chi connectivity index (χ3n) is 3.50. The van der Waals surface area contributed by atoms with Gasteiger partial charge in [0, 0.05) is 10.8 Å². The van der Waals surface area contributed by atoms with E-state index in [9.17, 15) is 0 Å². The van der Waals surface area contributed by atoms with Crippen LogP contribution in [-0.2, 0) is 0 Å². The summed E-state index contributed by atoms with van der Waals surface area (Å²) in [6.45, 7) is 0. The summed E-state index contributed by atoms with van der Waals surface area (Å²) in [6, 6.07) is 17.5. The van der Waals surface area contributed by atoms with Crippen LogP contribution in [0.4, 0.5) is 5.95 Å². The van der Waals surface area contributed by atoms with Crippen molar-refractivity contribution in [3.05, 3.63) is 70.7 Å². The number of hydrogen-bond acceptors (Lipinski definition) is 6. The first-order valence-electron chi connectivity index (χ1n) is 7.56. The van der Waals surface area contributed by atoms with Crippen LogP contribution in [0.25, 0.3) is 0 Å². The van der Waals surface area contributed by atoms with Crippen LogP contribution in [0.3, 0.4) is 0 Å². The first-order valence-corrected chi connectivity index (χ1v) is 8.92. The van der Waals surface area contributed by atoms with Crippen LogP contribution < -0.4 is 5.43 Å². The molecule has 0 aliphatic carbocycles. The molecule has 3 aromatic rings. The molecular formula is C17H13ClN6S. The summed E-state index contributed by atoms with van der Waals surface area (Å²) in [6.07, 6.45) is 1.67. The Hall–Kier alpha value is -2.64. The first-order chi connectivity index (χ1) is 12.3. The first kappa shape index (κ1) is 15.9. The van der Waals surface area contributed by atoms with Crippen molar-refractivity contribution >= 4 is 41.2 Å². The number of thioether (sulfide) groups is 1. The van der Waals surface area contributed by atoms with E-state index in [1.54, 1.807) is 22.7 Å². The molecule has 0 amide bonds. The highest BCUT2D eigenvalue weighted by atomic mass is 35.5. The number of hydrogen-bond donors (Lipinski definition) is 1. The largest absolute Gasteiger partial charge is 0.266 e. The Morgan fingerprint density at radius 3 is 2.84 bits per heavy atom. The van der Waals surface area contributed by atoms with Gasteiger partial charge in [-0.2, -0.15) is 14.9 Å². The average molecular weight is 369 g/mol. The topological polar surface area (TPSA) is 67.5 Å². The maximum atomic E-state index is 5.96. The summed E-state index contributed by atoms with van der Waals surface area (Å²) in [5, 5.41) is 18.5. The Morgan fingerprint density at radius 2 is 2.00 bits per heavy atom. The van der Waals surface area contributed by atoms with E-state index < -0.39 is 0 Å². The van der Waals surface area contributed by atoms with Gasteiger partial charge in [0.2, 0.25) is 5.16 Å². The van der Waals surface area contributed by atoms with Gasteiger partial charge in [-0.1, -0.05) is 65.8 Å². The van der Waals surface area contributed by atoms with Gasteiger partial charge in [0.15, 0.2) is 0 Å². The van der Waals surface area contributed by atoms with E-state index in [0.29, 0.717) is 11.0 Å². The zero-order chi connectivity index (χ0) is 17.1. The van der Waals surface area contributed by atoms with E-state index in [2.05, 4.69) is 25.8 Å². The Kier molecular flexibility index (Phi) is 4.49. The van der Waals surface area contributed by atoms with Crippen molar-refractivity contribution in [2.45, 2.75) is 5.16 Å². The van der Waals surface area contributed by atoms with E-state index >= 15 is 0 Å². The number of rotatable bonds is 4. The summed E-state index contributed by atoms with van der Waals surface area (Å²) in [7, 11) is 0. The predicted molar refractivity (Wildman–Crippen MR) is 102 cm³/mol. The molecule has 0 fully saturated rings. The van der Waals surface area contributed by atoms with Gasteiger partial charge in [-0.05, 0) is 23.3 Å². The standard InChI is InChI=1S/C17H13ClN6S/c18-14-8-4-5-12(9-14)10-19-20-16-21-22-17-24(16)23-15(11-25-17)13-6-2-1-3-7-13/h1-10H,11H2,(H,20,21)/b19-10+. The highest BCUT2D eigenvalue weighted by Crippen LogP contribution is 2.25. The molecule has 124 valence electrons. The minimum atomic E-state index is 0.467. The molecule has 4 rings (SSSR count). The quantitative estimate of drug-likeness (QED) is 0.562. The lowest BCUT2D eigenvalue weighted by atomic mass is 10.1. The third kappa shape index (κ3) is 3.57. The Labute approximate surface area is 153 Å². The van der Waals surface area contributed by atoms with E-state index in [1.165, 1.54) is 0 Å². The van der Waals surface area contributed by atoms with Crippen LogP contribution in [0.15, 0.2) is 70.0 Å². The van der Waals surface area contributed by atoms with Crippen molar-refractivity contribution < 1.29 is 0 Å². The second-order valence-corrected chi connectivity index (χ2v) is 6.62. The Morgan fingerprint density at radius 1 is 1.12 bits per heavy atom. The lowest BCUT2D eigenvalue weighted by molar-refractivity contribution is 0.760. The molecule has 0 unspecified atom stereocenters. The zero-order valence-electron chi connectivity index (χ0n) is 13.0. The summed E-state index contributed by atoms with van der Waals surface area (Å²) >= 11 is 7.56. The van der Waals surface area contributed by atoms with Gasteiger partial charge in [0.1, 0.15) is 0 Å². The van der Waals surface area contributed by atoms with Crippen molar-refractivity contribution in [3.8, 4) is 0 Å². The number of benzene rings is 2. The minimum absolute atomic E-state index is 0.467. The SMILES string of the molecule is Clc1cccc(/C=N/Nc2nnc3n2N=C(c2ccccc2)CS3)c1. The highest BCUT2D eigenvalue weighted by Gasteiger charge is 2.19. The fraction of sp³-hybridized carbons (Fsp3) is 0.0588. The molecule has 8 heteroatoms. The van der Waals surface area contributed by atoms with Crippen molar-refractivity contribution in [1.82, 2.24) is 14.9 Å². The molecule has 6 nitrogen and oxygen atoms in total. The molecule has 25 heavy (non-hydrogen) atoms.